The first-order valence-corrected chi connectivity index (χ1v) is 9.16. The van der Waals surface area contributed by atoms with Crippen LogP contribution in [0.15, 0.2) is 17.5 Å². The highest BCUT2D eigenvalue weighted by Crippen LogP contribution is 2.19. The lowest BCUT2D eigenvalue weighted by Gasteiger charge is -2.04. The molecule has 3 nitrogen and oxygen atoms in total. The zero-order chi connectivity index (χ0) is 15.9. The first kappa shape index (κ1) is 16.9. The van der Waals surface area contributed by atoms with Gasteiger partial charge in [-0.2, -0.15) is 9.78 Å². The molecule has 120 valence electrons. The molecule has 0 bridgehead atoms. The highest BCUT2D eigenvalue weighted by Gasteiger charge is 2.18. The molecule has 2 aromatic heterocycles. The van der Waals surface area contributed by atoms with Crippen LogP contribution < -0.4 is 0 Å². The fourth-order valence-electron chi connectivity index (χ4n) is 2.82. The maximum Gasteiger partial charge on any atom is 0.288 e. The second-order valence-corrected chi connectivity index (χ2v) is 6.81. The van der Waals surface area contributed by atoms with E-state index in [9.17, 15) is 4.79 Å². The van der Waals surface area contributed by atoms with Crippen LogP contribution in [-0.4, -0.2) is 15.7 Å². The molecule has 0 saturated heterocycles. The molecule has 0 atom stereocenters. The van der Waals surface area contributed by atoms with Crippen molar-refractivity contribution >= 4 is 17.2 Å². The SMILES string of the molecule is CCCCCCCCc1c(C)nn(C(=O)c2cccs2)c1C. The van der Waals surface area contributed by atoms with Crippen molar-refractivity contribution in [3.05, 3.63) is 39.3 Å². The van der Waals surface area contributed by atoms with Gasteiger partial charge in [-0.3, -0.25) is 4.79 Å². The Morgan fingerprint density at radius 2 is 1.91 bits per heavy atom. The van der Waals surface area contributed by atoms with Crippen molar-refractivity contribution < 1.29 is 4.79 Å². The summed E-state index contributed by atoms with van der Waals surface area (Å²) < 4.78 is 1.58. The number of rotatable bonds is 8. The summed E-state index contributed by atoms with van der Waals surface area (Å²) in [5, 5.41) is 6.39. The zero-order valence-electron chi connectivity index (χ0n) is 13.9. The molecule has 0 aliphatic heterocycles. The Morgan fingerprint density at radius 3 is 2.59 bits per heavy atom. The van der Waals surface area contributed by atoms with E-state index in [-0.39, 0.29) is 5.91 Å². The largest absolute Gasteiger partial charge is 0.288 e. The summed E-state index contributed by atoms with van der Waals surface area (Å²) in [6.07, 6.45) is 8.76. The maximum absolute atomic E-state index is 12.5. The van der Waals surface area contributed by atoms with Crippen molar-refractivity contribution in [2.45, 2.75) is 65.7 Å². The summed E-state index contributed by atoms with van der Waals surface area (Å²) in [7, 11) is 0. The van der Waals surface area contributed by atoms with Crippen LogP contribution in [0.5, 0.6) is 0 Å². The molecule has 0 unspecified atom stereocenters. The molecule has 0 amide bonds. The molecular formula is C18H26N2OS. The fourth-order valence-corrected chi connectivity index (χ4v) is 3.47. The zero-order valence-corrected chi connectivity index (χ0v) is 14.7. The van der Waals surface area contributed by atoms with E-state index in [0.717, 1.165) is 22.7 Å². The lowest BCUT2D eigenvalue weighted by atomic mass is 10.0. The molecule has 4 heteroatoms. The van der Waals surface area contributed by atoms with Crippen molar-refractivity contribution in [2.75, 3.05) is 0 Å². The van der Waals surface area contributed by atoms with E-state index >= 15 is 0 Å². The van der Waals surface area contributed by atoms with Gasteiger partial charge in [0.2, 0.25) is 0 Å². The number of aryl methyl sites for hydroxylation is 1. The molecule has 0 aromatic carbocycles. The molecule has 0 fully saturated rings. The molecule has 0 aliphatic rings. The minimum atomic E-state index is -0.00945. The van der Waals surface area contributed by atoms with E-state index < -0.39 is 0 Å². The Hall–Kier alpha value is -1.42. The first-order valence-electron chi connectivity index (χ1n) is 8.28. The van der Waals surface area contributed by atoms with Gasteiger partial charge in [0.05, 0.1) is 10.6 Å². The average molecular weight is 318 g/mol. The van der Waals surface area contributed by atoms with Gasteiger partial charge in [0.25, 0.3) is 5.91 Å². The third-order valence-corrected chi connectivity index (χ3v) is 5.00. The molecule has 2 heterocycles. The topological polar surface area (TPSA) is 34.9 Å². The normalized spacial score (nSPS) is 11.0. The summed E-state index contributed by atoms with van der Waals surface area (Å²) in [4.78, 5) is 13.2. The third-order valence-electron chi connectivity index (χ3n) is 4.15. The summed E-state index contributed by atoms with van der Waals surface area (Å²) in [6, 6.07) is 3.76. The predicted octanol–water partition coefficient (Wildman–Crippen LogP) is 5.15. The van der Waals surface area contributed by atoms with Gasteiger partial charge in [-0.05, 0) is 43.7 Å². The summed E-state index contributed by atoms with van der Waals surface area (Å²) in [5.41, 5.74) is 3.25. The molecular weight excluding hydrogens is 292 g/mol. The number of thiophene rings is 1. The molecule has 0 radical (unpaired) electrons. The Labute approximate surface area is 137 Å². The summed E-state index contributed by atoms with van der Waals surface area (Å²) >= 11 is 1.47. The third kappa shape index (κ3) is 4.07. The maximum atomic E-state index is 12.5. The van der Waals surface area contributed by atoms with E-state index in [1.165, 1.54) is 55.4 Å². The van der Waals surface area contributed by atoms with Crippen LogP contribution in [0.2, 0.25) is 0 Å². The summed E-state index contributed by atoms with van der Waals surface area (Å²) in [5.74, 6) is -0.00945. The van der Waals surface area contributed by atoms with Gasteiger partial charge in [-0.15, -0.1) is 11.3 Å². The van der Waals surface area contributed by atoms with Gasteiger partial charge in [0.1, 0.15) is 0 Å². The Kier molecular flexibility index (Phi) is 6.37. The number of hydrogen-bond acceptors (Lipinski definition) is 3. The van der Waals surface area contributed by atoms with E-state index in [1.807, 2.05) is 31.4 Å². The molecule has 2 aromatic rings. The number of carbonyl (C=O) groups is 1. The van der Waals surface area contributed by atoms with Gasteiger partial charge in [0, 0.05) is 5.69 Å². The monoisotopic (exact) mass is 318 g/mol. The lowest BCUT2D eigenvalue weighted by Crippen LogP contribution is -2.14. The van der Waals surface area contributed by atoms with Crippen LogP contribution in [0.3, 0.4) is 0 Å². The van der Waals surface area contributed by atoms with Crippen LogP contribution in [0.25, 0.3) is 0 Å². The number of carbonyl (C=O) groups excluding carboxylic acids is 1. The van der Waals surface area contributed by atoms with Crippen LogP contribution in [-0.2, 0) is 6.42 Å². The second kappa shape index (κ2) is 8.28. The van der Waals surface area contributed by atoms with Crippen molar-refractivity contribution in [3.63, 3.8) is 0 Å². The van der Waals surface area contributed by atoms with Gasteiger partial charge >= 0.3 is 0 Å². The molecule has 2 rings (SSSR count). The molecule has 0 aliphatic carbocycles. The van der Waals surface area contributed by atoms with E-state index in [1.54, 1.807) is 4.68 Å². The van der Waals surface area contributed by atoms with Gasteiger partial charge in [-0.25, -0.2) is 0 Å². The fraction of sp³-hybridized carbons (Fsp3) is 0.556. The predicted molar refractivity (Wildman–Crippen MR) is 92.8 cm³/mol. The smallest absolute Gasteiger partial charge is 0.266 e. The number of nitrogens with zero attached hydrogens (tertiary/aromatic N) is 2. The van der Waals surface area contributed by atoms with Gasteiger partial charge in [-0.1, -0.05) is 45.1 Å². The molecule has 0 N–H and O–H groups in total. The van der Waals surface area contributed by atoms with Crippen LogP contribution in [0, 0.1) is 13.8 Å². The number of hydrogen-bond donors (Lipinski definition) is 0. The quantitative estimate of drug-likeness (QED) is 0.631. The number of aromatic nitrogens is 2. The highest BCUT2D eigenvalue weighted by molar-refractivity contribution is 7.12. The van der Waals surface area contributed by atoms with Crippen LogP contribution in [0.1, 0.15) is 72.1 Å². The highest BCUT2D eigenvalue weighted by atomic mass is 32.1. The minimum Gasteiger partial charge on any atom is -0.266 e. The van der Waals surface area contributed by atoms with Crippen molar-refractivity contribution in [3.8, 4) is 0 Å². The molecule has 22 heavy (non-hydrogen) atoms. The van der Waals surface area contributed by atoms with Crippen LogP contribution in [0.4, 0.5) is 0 Å². The van der Waals surface area contributed by atoms with E-state index in [0.29, 0.717) is 0 Å². The van der Waals surface area contributed by atoms with Crippen molar-refractivity contribution in [1.29, 1.82) is 0 Å². The molecule has 0 saturated carbocycles. The summed E-state index contributed by atoms with van der Waals surface area (Å²) in [6.45, 7) is 6.27. The first-order chi connectivity index (χ1) is 10.6. The number of unbranched alkanes of at least 4 members (excludes halogenated alkanes) is 5. The lowest BCUT2D eigenvalue weighted by molar-refractivity contribution is 0.0946. The van der Waals surface area contributed by atoms with Crippen molar-refractivity contribution in [2.24, 2.45) is 0 Å². The van der Waals surface area contributed by atoms with E-state index in [2.05, 4.69) is 12.0 Å². The Balaban J connectivity index is 1.97. The Bertz CT molecular complexity index is 599. The average Bonchev–Trinajstić information content (AvgIpc) is 3.13. The Morgan fingerprint density at radius 1 is 1.18 bits per heavy atom. The molecule has 0 spiro atoms. The minimum absolute atomic E-state index is 0.00945. The second-order valence-electron chi connectivity index (χ2n) is 5.86. The van der Waals surface area contributed by atoms with Gasteiger partial charge in [0.15, 0.2) is 0 Å². The van der Waals surface area contributed by atoms with E-state index in [4.69, 9.17) is 0 Å². The van der Waals surface area contributed by atoms with Gasteiger partial charge < -0.3 is 0 Å². The van der Waals surface area contributed by atoms with Crippen molar-refractivity contribution in [1.82, 2.24) is 9.78 Å². The van der Waals surface area contributed by atoms with Crippen LogP contribution >= 0.6 is 11.3 Å². The standard InChI is InChI=1S/C18H26N2OS/c1-4-5-6-7-8-9-11-16-14(2)19-20(15(16)3)18(21)17-12-10-13-22-17/h10,12-13H,4-9,11H2,1-3H3.